The number of anilines is 2. The topological polar surface area (TPSA) is 66.9 Å². The summed E-state index contributed by atoms with van der Waals surface area (Å²) in [4.78, 5) is 15.1. The molecule has 0 amide bonds. The number of carbonyl (C=O) groups excluding carboxylic acids is 1. The number of Topliss-reactive ketones (excluding diaryl/α,β-unsaturated/α-hetero) is 1. The number of allylic oxidation sites excluding steroid dienone is 1. The predicted octanol–water partition coefficient (Wildman–Crippen LogP) is 3.78. The van der Waals surface area contributed by atoms with E-state index in [9.17, 15) is 13.2 Å². The Morgan fingerprint density at radius 1 is 0.793 bits per heavy atom. The van der Waals surface area contributed by atoms with Crippen LogP contribution in [0.1, 0.15) is 10.4 Å². The summed E-state index contributed by atoms with van der Waals surface area (Å²) < 4.78 is 34.1. The smallest absolute Gasteiger partial charge is 0.269 e. The van der Waals surface area contributed by atoms with Crippen molar-refractivity contribution in [1.82, 2.24) is 0 Å². The third-order valence-electron chi connectivity index (χ3n) is 5.01. The number of ketones is 1. The van der Waals surface area contributed by atoms with E-state index in [0.717, 1.165) is 9.99 Å². The Kier molecular flexibility index (Phi) is 3.75. The molecule has 29 heavy (non-hydrogen) atoms. The van der Waals surface area contributed by atoms with Crippen LogP contribution < -0.4 is 13.9 Å². The lowest BCUT2D eigenvalue weighted by Gasteiger charge is -2.23. The SMILES string of the molecule is CN1/C(=C2/C(=O)c3ccccc3N2S(=O)(=O)c2ccccc2)Oc2ccccc21. The van der Waals surface area contributed by atoms with Crippen molar-refractivity contribution in [3.8, 4) is 5.75 Å². The number of hydrogen-bond acceptors (Lipinski definition) is 5. The van der Waals surface area contributed by atoms with Gasteiger partial charge in [-0.2, -0.15) is 0 Å². The molecule has 144 valence electrons. The molecule has 0 N–H and O–H groups in total. The molecule has 5 rings (SSSR count). The number of carbonyl (C=O) groups is 1. The van der Waals surface area contributed by atoms with E-state index in [2.05, 4.69) is 0 Å². The van der Waals surface area contributed by atoms with Gasteiger partial charge in [-0.05, 0) is 36.4 Å². The van der Waals surface area contributed by atoms with Gasteiger partial charge in [0, 0.05) is 12.6 Å². The maximum absolute atomic E-state index is 13.6. The van der Waals surface area contributed by atoms with E-state index in [1.54, 1.807) is 60.5 Å². The molecule has 2 aliphatic rings. The molecule has 0 spiro atoms. The van der Waals surface area contributed by atoms with Crippen LogP contribution in [-0.2, 0) is 10.0 Å². The molecule has 0 saturated heterocycles. The van der Waals surface area contributed by atoms with Gasteiger partial charge in [-0.15, -0.1) is 0 Å². The number of nitrogens with zero attached hydrogens (tertiary/aromatic N) is 2. The van der Waals surface area contributed by atoms with Crippen LogP contribution in [-0.4, -0.2) is 21.2 Å². The van der Waals surface area contributed by atoms with Crippen molar-refractivity contribution < 1.29 is 17.9 Å². The van der Waals surface area contributed by atoms with E-state index in [0.29, 0.717) is 17.0 Å². The highest BCUT2D eigenvalue weighted by molar-refractivity contribution is 7.93. The van der Waals surface area contributed by atoms with Gasteiger partial charge >= 0.3 is 0 Å². The van der Waals surface area contributed by atoms with E-state index in [1.807, 2.05) is 18.2 Å². The second-order valence-corrected chi connectivity index (χ2v) is 8.50. The van der Waals surface area contributed by atoms with E-state index in [4.69, 9.17) is 4.74 Å². The zero-order valence-electron chi connectivity index (χ0n) is 15.4. The second kappa shape index (κ2) is 6.22. The van der Waals surface area contributed by atoms with Gasteiger partial charge in [-0.1, -0.05) is 42.5 Å². The van der Waals surface area contributed by atoms with Gasteiger partial charge < -0.3 is 9.64 Å². The second-order valence-electron chi connectivity index (χ2n) is 6.71. The molecule has 3 aromatic carbocycles. The van der Waals surface area contributed by atoms with E-state index in [1.165, 1.54) is 12.1 Å². The maximum Gasteiger partial charge on any atom is 0.269 e. The lowest BCUT2D eigenvalue weighted by molar-refractivity contribution is 0.103. The fraction of sp³-hybridized carbons (Fsp3) is 0.0455. The van der Waals surface area contributed by atoms with Crippen LogP contribution in [0.4, 0.5) is 11.4 Å². The van der Waals surface area contributed by atoms with Crippen LogP contribution >= 0.6 is 0 Å². The molecule has 7 heteroatoms. The summed E-state index contributed by atoms with van der Waals surface area (Å²) in [7, 11) is -2.29. The first kappa shape index (κ1) is 17.5. The minimum absolute atomic E-state index is 0.0197. The lowest BCUT2D eigenvalue weighted by Crippen LogP contribution is -2.33. The Bertz CT molecular complexity index is 1280. The molecule has 0 radical (unpaired) electrons. The zero-order valence-corrected chi connectivity index (χ0v) is 16.3. The molecular formula is C22H16N2O4S. The van der Waals surface area contributed by atoms with Crippen molar-refractivity contribution in [1.29, 1.82) is 0 Å². The molecule has 0 saturated carbocycles. The first-order valence-electron chi connectivity index (χ1n) is 8.99. The van der Waals surface area contributed by atoms with Gasteiger partial charge in [0.2, 0.25) is 11.7 Å². The van der Waals surface area contributed by atoms with Crippen LogP contribution in [0.5, 0.6) is 5.75 Å². The van der Waals surface area contributed by atoms with E-state index in [-0.39, 0.29) is 16.5 Å². The number of sulfonamides is 1. The molecule has 2 aliphatic heterocycles. The molecule has 0 aliphatic carbocycles. The minimum atomic E-state index is -4.03. The fourth-order valence-electron chi connectivity index (χ4n) is 3.62. The highest BCUT2D eigenvalue weighted by Gasteiger charge is 2.45. The van der Waals surface area contributed by atoms with Crippen molar-refractivity contribution in [2.45, 2.75) is 4.90 Å². The zero-order chi connectivity index (χ0) is 20.2. The Labute approximate surface area is 168 Å². The highest BCUT2D eigenvalue weighted by Crippen LogP contribution is 2.45. The maximum atomic E-state index is 13.6. The normalized spacial score (nSPS) is 17.9. The van der Waals surface area contributed by atoms with Crippen molar-refractivity contribution >= 4 is 27.2 Å². The van der Waals surface area contributed by atoms with E-state index >= 15 is 0 Å². The first-order valence-corrected chi connectivity index (χ1v) is 10.4. The van der Waals surface area contributed by atoms with Crippen LogP contribution in [0.2, 0.25) is 0 Å². The van der Waals surface area contributed by atoms with Crippen molar-refractivity contribution in [3.05, 3.63) is 96.0 Å². The van der Waals surface area contributed by atoms with Gasteiger partial charge in [0.25, 0.3) is 10.0 Å². The Hall–Kier alpha value is -3.58. The highest BCUT2D eigenvalue weighted by atomic mass is 32.2. The molecule has 0 fully saturated rings. The number of benzene rings is 3. The van der Waals surface area contributed by atoms with Gasteiger partial charge in [-0.25, -0.2) is 12.7 Å². The molecule has 0 atom stereocenters. The monoisotopic (exact) mass is 404 g/mol. The Morgan fingerprint density at radius 2 is 1.41 bits per heavy atom. The van der Waals surface area contributed by atoms with Crippen LogP contribution in [0.15, 0.2) is 95.3 Å². The van der Waals surface area contributed by atoms with Gasteiger partial charge in [0.05, 0.1) is 16.3 Å². The summed E-state index contributed by atoms with van der Waals surface area (Å²) in [6, 6.07) is 22.1. The number of para-hydroxylation sites is 3. The Morgan fingerprint density at radius 3 is 2.14 bits per heavy atom. The molecule has 2 heterocycles. The molecule has 3 aromatic rings. The van der Waals surface area contributed by atoms with E-state index < -0.39 is 15.8 Å². The Balaban J connectivity index is 1.77. The summed E-state index contributed by atoms with van der Waals surface area (Å²) in [5.74, 6) is 0.361. The first-order chi connectivity index (χ1) is 14.0. The van der Waals surface area contributed by atoms with Crippen LogP contribution in [0, 0.1) is 0 Å². The van der Waals surface area contributed by atoms with Gasteiger partial charge in [0.15, 0.2) is 11.4 Å². The largest absolute Gasteiger partial charge is 0.436 e. The third kappa shape index (κ3) is 2.48. The molecule has 0 aromatic heterocycles. The summed E-state index contributed by atoms with van der Waals surface area (Å²) in [6.45, 7) is 0. The third-order valence-corrected chi connectivity index (χ3v) is 6.74. The molecule has 0 bridgehead atoms. The fourth-order valence-corrected chi connectivity index (χ4v) is 5.16. The summed E-state index contributed by atoms with van der Waals surface area (Å²) >= 11 is 0. The van der Waals surface area contributed by atoms with Crippen LogP contribution in [0.25, 0.3) is 0 Å². The van der Waals surface area contributed by atoms with Crippen LogP contribution in [0.3, 0.4) is 0 Å². The number of fused-ring (bicyclic) bond motifs is 2. The minimum Gasteiger partial charge on any atom is -0.436 e. The standard InChI is InChI=1S/C22H16N2O4S/c1-23-18-13-7-8-14-19(18)28-22(23)20-21(25)16-11-5-6-12-17(16)24(20)29(26,27)15-9-3-2-4-10-15/h2-14H,1H3/b22-20+. The average Bonchev–Trinajstić information content (AvgIpc) is 3.24. The number of rotatable bonds is 2. The lowest BCUT2D eigenvalue weighted by atomic mass is 10.1. The van der Waals surface area contributed by atoms with Crippen molar-refractivity contribution in [2.75, 3.05) is 16.3 Å². The summed E-state index contributed by atoms with van der Waals surface area (Å²) in [6.07, 6.45) is 0. The molecular weight excluding hydrogens is 388 g/mol. The number of ether oxygens (including phenoxy) is 1. The van der Waals surface area contributed by atoms with Gasteiger partial charge in [0.1, 0.15) is 0 Å². The number of hydrogen-bond donors (Lipinski definition) is 0. The quantitative estimate of drug-likeness (QED) is 0.608. The summed E-state index contributed by atoms with van der Waals surface area (Å²) in [5, 5.41) is 0. The summed E-state index contributed by atoms with van der Waals surface area (Å²) in [5.41, 5.74) is 1.38. The average molecular weight is 404 g/mol. The van der Waals surface area contributed by atoms with Crippen molar-refractivity contribution in [2.24, 2.45) is 0 Å². The molecule has 6 nitrogen and oxygen atoms in total. The predicted molar refractivity (Wildman–Crippen MR) is 109 cm³/mol. The van der Waals surface area contributed by atoms with Crippen molar-refractivity contribution in [3.63, 3.8) is 0 Å². The van der Waals surface area contributed by atoms with Gasteiger partial charge in [-0.3, -0.25) is 4.79 Å². The molecule has 0 unspecified atom stereocenters.